The molecule has 0 fully saturated rings. The molecule has 0 unspecified atom stereocenters. The van der Waals surface area contributed by atoms with Gasteiger partial charge in [0.1, 0.15) is 32.6 Å². The fourth-order valence-electron chi connectivity index (χ4n) is 8.08. The van der Waals surface area contributed by atoms with E-state index in [1.165, 1.54) is 108 Å². The molecule has 0 aliphatic heterocycles. The van der Waals surface area contributed by atoms with Gasteiger partial charge < -0.3 is 50.2 Å². The van der Waals surface area contributed by atoms with Crippen LogP contribution >= 0.6 is 0 Å². The molecule has 0 spiro atoms. The van der Waals surface area contributed by atoms with Crippen LogP contribution in [-0.2, 0) is 68.7 Å². The normalized spacial score (nSPS) is 11.9. The molecule has 8 aromatic rings. The predicted molar refractivity (Wildman–Crippen MR) is 273 cm³/mol. The van der Waals surface area contributed by atoms with E-state index in [4.69, 9.17) is 0 Å². The van der Waals surface area contributed by atoms with Crippen LogP contribution in [0.4, 0.5) is 38.9 Å². The van der Waals surface area contributed by atoms with Crippen LogP contribution in [0.5, 0.6) is 0 Å². The average molecular weight is 1140 g/mol. The van der Waals surface area contributed by atoms with Crippen LogP contribution in [0, 0.1) is 0 Å². The summed E-state index contributed by atoms with van der Waals surface area (Å²) in [6.07, 6.45) is 5.73. The monoisotopic (exact) mass is 1140 g/mol. The molecule has 32 heteroatoms. The van der Waals surface area contributed by atoms with Gasteiger partial charge in [-0.05, 0) is 72.8 Å². The number of fused-ring (bicyclic) bond motifs is 2. The third-order valence-electron chi connectivity index (χ3n) is 11.5. The molecule has 0 atom stereocenters. The number of nitrogens with zero attached hydrogens (tertiary/aromatic N) is 4. The van der Waals surface area contributed by atoms with Gasteiger partial charge in [-0.1, -0.05) is 12.1 Å². The van der Waals surface area contributed by atoms with Crippen LogP contribution in [0.25, 0.3) is 21.5 Å². The molecule has 0 aliphatic rings. The fourth-order valence-corrected chi connectivity index (χ4v) is 10.5. The van der Waals surface area contributed by atoms with Crippen molar-refractivity contribution < 1.29 is 105 Å². The van der Waals surface area contributed by atoms with Gasteiger partial charge in [0.2, 0.25) is 0 Å². The Balaban J connectivity index is 0.00000861. The molecule has 4 aromatic heterocycles. The van der Waals surface area contributed by atoms with E-state index in [-0.39, 0.29) is 108 Å². The Morgan fingerprint density at radius 1 is 0.364 bits per heavy atom. The van der Waals surface area contributed by atoms with Gasteiger partial charge in [0, 0.05) is 85.9 Å². The van der Waals surface area contributed by atoms with Crippen molar-refractivity contribution >= 4 is 126 Å². The van der Waals surface area contributed by atoms with E-state index in [1.54, 1.807) is 0 Å². The first kappa shape index (κ1) is 57.0. The van der Waals surface area contributed by atoms with Crippen LogP contribution in [0.1, 0.15) is 42.0 Å². The van der Waals surface area contributed by atoms with Crippen LogP contribution in [0.15, 0.2) is 129 Å². The zero-order valence-electron chi connectivity index (χ0n) is 40.4. The van der Waals surface area contributed by atoms with Gasteiger partial charge in [-0.25, -0.2) is 4.79 Å². The van der Waals surface area contributed by atoms with Crippen LogP contribution < -0.4 is 61.5 Å². The molecule has 27 nitrogen and oxygen atoms in total. The van der Waals surface area contributed by atoms with Crippen molar-refractivity contribution in [1.82, 2.24) is 18.3 Å². The first-order valence-corrected chi connectivity index (χ1v) is 27.1. The molecular weight excluding hydrogens is 1100 g/mol. The minimum absolute atomic E-state index is 0. The molecule has 8 rings (SSSR count). The fraction of sp³-hybridized carbons (Fsp3) is 0.0889. The Morgan fingerprint density at radius 2 is 0.649 bits per heavy atom. The molecular formula is C45H40N10NaO17S4+. The first-order chi connectivity index (χ1) is 35.3. The van der Waals surface area contributed by atoms with E-state index < -0.39 is 89.7 Å². The average Bonchev–Trinajstić information content (AvgIpc) is 4.08. The second-order valence-corrected chi connectivity index (χ2v) is 22.5. The molecule has 10 N–H and O–H groups in total. The molecule has 4 heterocycles. The summed E-state index contributed by atoms with van der Waals surface area (Å²) < 4.78 is 139. The molecule has 4 aromatic carbocycles. The van der Waals surface area contributed by atoms with Gasteiger partial charge >= 0.3 is 35.6 Å². The van der Waals surface area contributed by atoms with E-state index in [9.17, 15) is 75.9 Å². The molecule has 0 saturated carbocycles. The third kappa shape index (κ3) is 12.3. The summed E-state index contributed by atoms with van der Waals surface area (Å²) in [5, 5.41) is 15.1. The zero-order chi connectivity index (χ0) is 55.6. The molecule has 77 heavy (non-hydrogen) atoms. The number of rotatable bonds is 14. The van der Waals surface area contributed by atoms with Crippen molar-refractivity contribution in [3.63, 3.8) is 0 Å². The standard InChI is InChI=1S/C45H40N10O17S4.Na/c1-52-19-23(13-37(52)43(58)50-33-9-11-39(75(67,68)69)31-17-27(73(61,62)63)5-7-29(31)33)46-41(56)35-15-25(21-54(35)3)48-45(60)49-26-16-36(55(4)22-26)42(57)47-24-14-38(53(2)20-24)44(59)51-34-10-12-40(76(70,71)72)32-18-28(74(64,65)66)6-8-30(32)34;/h5-22H,1-4H3,(H,46,56)(H,47,57)(H,50,58)(H,51,59)(H2,48,49,60)(H,61,62,63)(H,64,65,66)(H,67,68,69)(H,70,71,72);/q;+1. The first-order valence-electron chi connectivity index (χ1n) is 21.4. The third-order valence-corrected chi connectivity index (χ3v) is 15.0. The Bertz CT molecular complexity index is 4030. The maximum atomic E-state index is 13.5. The largest absolute Gasteiger partial charge is 1.00 e. The van der Waals surface area contributed by atoms with E-state index in [2.05, 4.69) is 31.9 Å². The Morgan fingerprint density at radius 3 is 0.935 bits per heavy atom. The summed E-state index contributed by atoms with van der Waals surface area (Å²) in [6, 6.07) is 14.7. The molecule has 0 bridgehead atoms. The number of carbonyl (C=O) groups is 5. The van der Waals surface area contributed by atoms with Crippen LogP contribution in [-0.4, -0.2) is 99.8 Å². The van der Waals surface area contributed by atoms with Gasteiger partial charge in [0.25, 0.3) is 64.1 Å². The number of urea groups is 1. The van der Waals surface area contributed by atoms with Crippen molar-refractivity contribution in [2.75, 3.05) is 31.9 Å². The molecule has 0 radical (unpaired) electrons. The second kappa shape index (κ2) is 21.0. The Kier molecular flexibility index (Phi) is 15.6. The van der Waals surface area contributed by atoms with E-state index in [0.717, 1.165) is 48.5 Å². The number of aromatic nitrogens is 4. The minimum atomic E-state index is -4.88. The second-order valence-electron chi connectivity index (χ2n) is 16.8. The molecule has 6 amide bonds. The van der Waals surface area contributed by atoms with Gasteiger partial charge in [-0.3, -0.25) is 37.4 Å². The molecule has 396 valence electrons. The molecule has 0 saturated heterocycles. The summed E-state index contributed by atoms with van der Waals surface area (Å²) in [5.41, 5.74) is 0.862. The van der Waals surface area contributed by atoms with Crippen molar-refractivity contribution in [1.29, 1.82) is 0 Å². The number of anilines is 6. The van der Waals surface area contributed by atoms with Gasteiger partial charge in [0.05, 0.1) is 32.5 Å². The topological polar surface area (TPSA) is 395 Å². The maximum absolute atomic E-state index is 13.5. The van der Waals surface area contributed by atoms with E-state index >= 15 is 0 Å². The SMILES string of the molecule is Cn1cc(NC(=O)Nc2cc(C(=O)Nc3cc(C(=O)Nc4ccc(S(=O)(=O)O)c5cc(S(=O)(=O)O)ccc45)n(C)c3)n(C)c2)cc1C(=O)Nc1cc(C(=O)Nc2ccc(S(=O)(=O)O)c3cc(S(=O)(=O)O)ccc23)n(C)c1.[Na+]. The number of carbonyl (C=O) groups excluding carboxylic acids is 5. The maximum Gasteiger partial charge on any atom is 1.00 e. The predicted octanol–water partition coefficient (Wildman–Crippen LogP) is 1.99. The van der Waals surface area contributed by atoms with Gasteiger partial charge in [-0.2, -0.15) is 33.7 Å². The van der Waals surface area contributed by atoms with Crippen molar-refractivity contribution in [3.05, 3.63) is 132 Å². The number of nitrogens with one attached hydrogen (secondary N) is 6. The molecule has 0 aliphatic carbocycles. The van der Waals surface area contributed by atoms with Crippen molar-refractivity contribution in [2.45, 2.75) is 19.6 Å². The van der Waals surface area contributed by atoms with Gasteiger partial charge in [-0.15, -0.1) is 0 Å². The minimum Gasteiger partial charge on any atom is -0.344 e. The van der Waals surface area contributed by atoms with Gasteiger partial charge in [0.15, 0.2) is 0 Å². The zero-order valence-corrected chi connectivity index (χ0v) is 45.7. The summed E-state index contributed by atoms with van der Waals surface area (Å²) in [5.74, 6) is -2.79. The Hall–Kier alpha value is -7.69. The van der Waals surface area contributed by atoms with E-state index in [1.807, 2.05) is 0 Å². The number of hydrogen-bond acceptors (Lipinski definition) is 13. The van der Waals surface area contributed by atoms with Crippen LogP contribution in [0.2, 0.25) is 0 Å². The summed E-state index contributed by atoms with van der Waals surface area (Å²) in [4.78, 5) is 64.2. The summed E-state index contributed by atoms with van der Waals surface area (Å²) >= 11 is 0. The quantitative estimate of drug-likeness (QED) is 0.0550. The van der Waals surface area contributed by atoms with Crippen molar-refractivity contribution in [3.8, 4) is 0 Å². The number of benzene rings is 4. The van der Waals surface area contributed by atoms with Crippen molar-refractivity contribution in [2.24, 2.45) is 28.2 Å². The smallest absolute Gasteiger partial charge is 0.344 e. The van der Waals surface area contributed by atoms with E-state index in [0.29, 0.717) is 0 Å². The summed E-state index contributed by atoms with van der Waals surface area (Å²) in [7, 11) is -13.3. The Labute approximate surface area is 458 Å². The van der Waals surface area contributed by atoms with Crippen LogP contribution in [0.3, 0.4) is 0 Å². The number of aryl methyl sites for hydroxylation is 4. The number of amides is 6. The number of hydrogen-bond donors (Lipinski definition) is 10. The summed E-state index contributed by atoms with van der Waals surface area (Å²) in [6.45, 7) is 0.